The van der Waals surface area contributed by atoms with E-state index in [1.54, 1.807) is 9.58 Å². The van der Waals surface area contributed by atoms with Crippen LogP contribution in [0.15, 0.2) is 30.5 Å². The van der Waals surface area contributed by atoms with Gasteiger partial charge in [0.15, 0.2) is 11.4 Å². The first-order valence-corrected chi connectivity index (χ1v) is 7.95. The summed E-state index contributed by atoms with van der Waals surface area (Å²) >= 11 is 0. The van der Waals surface area contributed by atoms with Crippen molar-refractivity contribution in [3.63, 3.8) is 0 Å². The lowest BCUT2D eigenvalue weighted by atomic mass is 10.0. The Morgan fingerprint density at radius 3 is 2.48 bits per heavy atom. The molecule has 0 saturated carbocycles. The predicted molar refractivity (Wildman–Crippen MR) is 88.1 cm³/mol. The van der Waals surface area contributed by atoms with Crippen molar-refractivity contribution in [3.05, 3.63) is 41.7 Å². The predicted octanol–water partition coefficient (Wildman–Crippen LogP) is 1.75. The summed E-state index contributed by atoms with van der Waals surface area (Å²) in [5.41, 5.74) is 2.17. The van der Waals surface area contributed by atoms with Crippen LogP contribution in [0, 0.1) is 0 Å². The molecule has 3 rings (SSSR count). The first-order chi connectivity index (χ1) is 11.1. The molecule has 1 aliphatic rings. The first kappa shape index (κ1) is 15.6. The summed E-state index contributed by atoms with van der Waals surface area (Å²) in [6.45, 7) is 7.08. The fourth-order valence-corrected chi connectivity index (χ4v) is 2.68. The summed E-state index contributed by atoms with van der Waals surface area (Å²) in [6, 6.07) is 7.97. The average molecular weight is 314 g/mol. The zero-order valence-corrected chi connectivity index (χ0v) is 13.5. The Hall–Kier alpha value is -2.34. The van der Waals surface area contributed by atoms with E-state index in [2.05, 4.69) is 24.3 Å². The normalized spacial score (nSPS) is 15.2. The minimum atomic E-state index is -0.221. The van der Waals surface area contributed by atoms with Gasteiger partial charge in [-0.25, -0.2) is 4.68 Å². The average Bonchev–Trinajstić information content (AvgIpc) is 2.97. The summed E-state index contributed by atoms with van der Waals surface area (Å²) in [6.07, 6.45) is 1.49. The van der Waals surface area contributed by atoms with Gasteiger partial charge < -0.3 is 15.3 Å². The van der Waals surface area contributed by atoms with Gasteiger partial charge in [0.2, 0.25) is 0 Å². The van der Waals surface area contributed by atoms with Crippen LogP contribution in [0.4, 0.5) is 0 Å². The van der Waals surface area contributed by atoms with E-state index in [0.717, 1.165) is 18.8 Å². The van der Waals surface area contributed by atoms with Crippen LogP contribution in [0.3, 0.4) is 0 Å². The second-order valence-corrected chi connectivity index (χ2v) is 6.10. The van der Waals surface area contributed by atoms with E-state index in [-0.39, 0.29) is 17.4 Å². The van der Waals surface area contributed by atoms with E-state index >= 15 is 0 Å². The van der Waals surface area contributed by atoms with Crippen LogP contribution in [0.25, 0.3) is 5.69 Å². The van der Waals surface area contributed by atoms with Crippen LogP contribution in [-0.4, -0.2) is 51.9 Å². The molecule has 1 aliphatic heterocycles. The van der Waals surface area contributed by atoms with E-state index in [9.17, 15) is 9.90 Å². The quantitative estimate of drug-likeness (QED) is 0.905. The zero-order chi connectivity index (χ0) is 16.4. The fourth-order valence-electron chi connectivity index (χ4n) is 2.68. The van der Waals surface area contributed by atoms with Gasteiger partial charge in [0, 0.05) is 26.2 Å². The van der Waals surface area contributed by atoms with Gasteiger partial charge in [0.05, 0.1) is 11.9 Å². The summed E-state index contributed by atoms with van der Waals surface area (Å²) < 4.78 is 1.55. The van der Waals surface area contributed by atoms with E-state index in [1.807, 2.05) is 24.3 Å². The summed E-state index contributed by atoms with van der Waals surface area (Å²) in [5, 5.41) is 17.6. The van der Waals surface area contributed by atoms with Crippen molar-refractivity contribution in [3.8, 4) is 11.4 Å². The molecular formula is C17H22N4O2. The minimum Gasteiger partial charge on any atom is -0.504 e. The number of nitrogens with zero attached hydrogens (tertiary/aromatic N) is 3. The second kappa shape index (κ2) is 6.42. The number of hydrogen-bond donors (Lipinski definition) is 2. The number of amides is 1. The molecule has 1 fully saturated rings. The van der Waals surface area contributed by atoms with E-state index < -0.39 is 0 Å². The number of aromatic hydroxyl groups is 1. The van der Waals surface area contributed by atoms with Gasteiger partial charge in [-0.1, -0.05) is 26.0 Å². The van der Waals surface area contributed by atoms with Crippen molar-refractivity contribution in [2.45, 2.75) is 19.8 Å². The van der Waals surface area contributed by atoms with Crippen LogP contribution in [0.1, 0.15) is 35.8 Å². The number of aromatic nitrogens is 2. The molecule has 0 aliphatic carbocycles. The molecule has 1 aromatic heterocycles. The van der Waals surface area contributed by atoms with E-state index in [0.29, 0.717) is 19.0 Å². The van der Waals surface area contributed by atoms with Gasteiger partial charge in [-0.05, 0) is 23.6 Å². The Labute approximate surface area is 135 Å². The van der Waals surface area contributed by atoms with Crippen LogP contribution in [0.5, 0.6) is 5.75 Å². The number of benzene rings is 1. The molecule has 0 spiro atoms. The standard InChI is InChI=1S/C17H22N4O2/c1-12(2)13-3-5-14(6-4-13)21-11-15(22)16(19-21)17(23)20-9-7-18-8-10-20/h3-6,11-12,18,22H,7-10H2,1-2H3. The highest BCUT2D eigenvalue weighted by Crippen LogP contribution is 2.21. The van der Waals surface area contributed by atoms with Crippen molar-refractivity contribution in [2.24, 2.45) is 0 Å². The van der Waals surface area contributed by atoms with Crippen LogP contribution >= 0.6 is 0 Å². The number of piperazine rings is 1. The maximum atomic E-state index is 12.5. The van der Waals surface area contributed by atoms with Gasteiger partial charge in [0.25, 0.3) is 5.91 Å². The molecule has 6 nitrogen and oxygen atoms in total. The first-order valence-electron chi connectivity index (χ1n) is 7.95. The molecule has 0 unspecified atom stereocenters. The smallest absolute Gasteiger partial charge is 0.278 e. The monoisotopic (exact) mass is 314 g/mol. The maximum Gasteiger partial charge on any atom is 0.278 e. The number of carbonyl (C=O) groups excluding carboxylic acids is 1. The molecule has 0 radical (unpaired) electrons. The number of carbonyl (C=O) groups is 1. The molecule has 6 heteroatoms. The highest BCUT2D eigenvalue weighted by Gasteiger charge is 2.24. The van der Waals surface area contributed by atoms with Crippen molar-refractivity contribution in [1.82, 2.24) is 20.0 Å². The van der Waals surface area contributed by atoms with Crippen LogP contribution in [0.2, 0.25) is 0 Å². The van der Waals surface area contributed by atoms with E-state index in [1.165, 1.54) is 11.8 Å². The highest BCUT2D eigenvalue weighted by atomic mass is 16.3. The Morgan fingerprint density at radius 1 is 1.22 bits per heavy atom. The van der Waals surface area contributed by atoms with E-state index in [4.69, 9.17) is 0 Å². The second-order valence-electron chi connectivity index (χ2n) is 6.10. The summed E-state index contributed by atoms with van der Waals surface area (Å²) in [7, 11) is 0. The van der Waals surface area contributed by atoms with Crippen LogP contribution < -0.4 is 5.32 Å². The molecule has 2 heterocycles. The molecular weight excluding hydrogens is 292 g/mol. The Bertz CT molecular complexity index is 685. The van der Waals surface area contributed by atoms with Crippen molar-refractivity contribution >= 4 is 5.91 Å². The zero-order valence-electron chi connectivity index (χ0n) is 13.5. The largest absolute Gasteiger partial charge is 0.504 e. The number of nitrogens with one attached hydrogen (secondary N) is 1. The third kappa shape index (κ3) is 3.22. The molecule has 2 aromatic rings. The molecule has 122 valence electrons. The molecule has 1 amide bonds. The molecule has 0 bridgehead atoms. The molecule has 2 N–H and O–H groups in total. The topological polar surface area (TPSA) is 70.4 Å². The van der Waals surface area contributed by atoms with Crippen molar-refractivity contribution in [1.29, 1.82) is 0 Å². The van der Waals surface area contributed by atoms with Crippen molar-refractivity contribution in [2.75, 3.05) is 26.2 Å². The van der Waals surface area contributed by atoms with Gasteiger partial charge in [-0.15, -0.1) is 0 Å². The third-order valence-corrected chi connectivity index (χ3v) is 4.13. The molecule has 1 saturated heterocycles. The SMILES string of the molecule is CC(C)c1ccc(-n2cc(O)c(C(=O)N3CCNCC3)n2)cc1. The van der Waals surface area contributed by atoms with Gasteiger partial charge >= 0.3 is 0 Å². The minimum absolute atomic E-state index is 0.0820. The highest BCUT2D eigenvalue weighted by molar-refractivity contribution is 5.94. The van der Waals surface area contributed by atoms with Gasteiger partial charge in [-0.3, -0.25) is 4.79 Å². The summed E-state index contributed by atoms with van der Waals surface area (Å²) in [5.74, 6) is 0.156. The lowest BCUT2D eigenvalue weighted by Gasteiger charge is -2.26. The number of hydrogen-bond acceptors (Lipinski definition) is 4. The summed E-state index contributed by atoms with van der Waals surface area (Å²) in [4.78, 5) is 14.2. The number of rotatable bonds is 3. The third-order valence-electron chi connectivity index (χ3n) is 4.13. The van der Waals surface area contributed by atoms with Crippen LogP contribution in [-0.2, 0) is 0 Å². The van der Waals surface area contributed by atoms with Gasteiger partial charge in [-0.2, -0.15) is 5.10 Å². The molecule has 0 atom stereocenters. The molecule has 1 aromatic carbocycles. The van der Waals surface area contributed by atoms with Crippen molar-refractivity contribution < 1.29 is 9.90 Å². The Kier molecular flexibility index (Phi) is 4.34. The van der Waals surface area contributed by atoms with Gasteiger partial charge in [0.1, 0.15) is 0 Å². The maximum absolute atomic E-state index is 12.5. The Morgan fingerprint density at radius 2 is 1.87 bits per heavy atom. The lowest BCUT2D eigenvalue weighted by molar-refractivity contribution is 0.0726. The lowest BCUT2D eigenvalue weighted by Crippen LogP contribution is -2.46. The molecule has 23 heavy (non-hydrogen) atoms. The fraction of sp³-hybridized carbons (Fsp3) is 0.412. The Balaban J connectivity index is 1.84.